The van der Waals surface area contributed by atoms with Crippen molar-refractivity contribution in [3.8, 4) is 11.1 Å². The molecule has 2 aromatic rings. The Balaban J connectivity index is 1.97. The molecular formula is C23H23N3O5. The Bertz CT molecular complexity index is 1030. The van der Waals surface area contributed by atoms with Gasteiger partial charge in [0.05, 0.1) is 6.42 Å². The molecule has 0 aliphatic carbocycles. The van der Waals surface area contributed by atoms with Gasteiger partial charge in [0.25, 0.3) is 5.91 Å². The fraction of sp³-hybridized carbons (Fsp3) is 0.217. The second kappa shape index (κ2) is 9.25. The third-order valence-electron chi connectivity index (χ3n) is 4.95. The van der Waals surface area contributed by atoms with E-state index in [1.54, 1.807) is 31.2 Å². The number of anilines is 1. The zero-order chi connectivity index (χ0) is 22.5. The summed E-state index contributed by atoms with van der Waals surface area (Å²) in [5.41, 5.74) is 2.58. The summed E-state index contributed by atoms with van der Waals surface area (Å²) in [6.07, 6.45) is 1.15. The molecule has 160 valence electrons. The van der Waals surface area contributed by atoms with Crippen molar-refractivity contribution in [2.24, 2.45) is 0 Å². The molecule has 2 N–H and O–H groups in total. The molecule has 0 aromatic heterocycles. The van der Waals surface area contributed by atoms with Gasteiger partial charge in [0.1, 0.15) is 0 Å². The first-order valence-corrected chi connectivity index (χ1v) is 9.73. The van der Waals surface area contributed by atoms with Gasteiger partial charge in [-0.3, -0.25) is 19.3 Å². The molecule has 8 nitrogen and oxygen atoms in total. The second-order valence-electron chi connectivity index (χ2n) is 7.19. The predicted molar refractivity (Wildman–Crippen MR) is 115 cm³/mol. The summed E-state index contributed by atoms with van der Waals surface area (Å²) in [5, 5.41) is 11.3. The number of rotatable bonds is 6. The van der Waals surface area contributed by atoms with Crippen LogP contribution in [0.3, 0.4) is 0 Å². The highest BCUT2D eigenvalue weighted by molar-refractivity contribution is 6.21. The van der Waals surface area contributed by atoms with E-state index >= 15 is 0 Å². The van der Waals surface area contributed by atoms with Crippen molar-refractivity contribution in [3.05, 3.63) is 66.4 Å². The Labute approximate surface area is 179 Å². The zero-order valence-corrected chi connectivity index (χ0v) is 17.2. The molecule has 0 saturated heterocycles. The quantitative estimate of drug-likeness (QED) is 0.698. The first-order chi connectivity index (χ1) is 14.8. The number of nitrogens with zero attached hydrogens (tertiary/aromatic N) is 2. The number of hydrogen-bond acceptors (Lipinski definition) is 4. The normalized spacial score (nSPS) is 16.0. The largest absolute Gasteiger partial charge is 0.481 e. The molecule has 0 saturated carbocycles. The first kappa shape index (κ1) is 21.8. The monoisotopic (exact) mass is 421 g/mol. The minimum Gasteiger partial charge on any atom is -0.481 e. The van der Waals surface area contributed by atoms with Crippen LogP contribution in [0.5, 0.6) is 0 Å². The van der Waals surface area contributed by atoms with E-state index < -0.39 is 29.7 Å². The van der Waals surface area contributed by atoms with Crippen LogP contribution >= 0.6 is 0 Å². The van der Waals surface area contributed by atoms with Gasteiger partial charge in [-0.2, -0.15) is 0 Å². The number of likely N-dealkylation sites (N-methyl/N-ethyl adjacent to an activating group) is 1. The number of carbonyl (C=O) groups is 4. The Morgan fingerprint density at radius 1 is 1.03 bits per heavy atom. The van der Waals surface area contributed by atoms with E-state index in [1.165, 1.54) is 18.1 Å². The van der Waals surface area contributed by atoms with E-state index in [4.69, 9.17) is 5.11 Å². The smallest absolute Gasteiger partial charge is 0.323 e. The maximum atomic E-state index is 13.0. The predicted octanol–water partition coefficient (Wildman–Crippen LogP) is 2.66. The number of hydrogen-bond donors (Lipinski definition) is 2. The number of nitrogens with one attached hydrogen (secondary N) is 1. The molecule has 1 aliphatic rings. The van der Waals surface area contributed by atoms with E-state index in [9.17, 15) is 19.2 Å². The lowest BCUT2D eigenvalue weighted by atomic mass is 9.99. The van der Waals surface area contributed by atoms with Crippen molar-refractivity contribution in [3.63, 3.8) is 0 Å². The van der Waals surface area contributed by atoms with Gasteiger partial charge in [-0.25, -0.2) is 4.79 Å². The average molecular weight is 421 g/mol. The molecular weight excluding hydrogens is 398 g/mol. The summed E-state index contributed by atoms with van der Waals surface area (Å²) in [5.74, 6) is -2.10. The number of carbonyl (C=O) groups excluding carboxylic acids is 3. The van der Waals surface area contributed by atoms with E-state index in [-0.39, 0.29) is 13.0 Å². The highest BCUT2D eigenvalue weighted by Gasteiger charge is 2.41. The molecule has 1 aliphatic heterocycles. The number of urea groups is 1. The molecule has 0 spiro atoms. The fourth-order valence-electron chi connectivity index (χ4n) is 3.36. The number of Topliss-reactive ketones (excluding diaryl/α,β-unsaturated/α-hetero) is 1. The minimum atomic E-state index is -1.37. The Morgan fingerprint density at radius 2 is 1.65 bits per heavy atom. The van der Waals surface area contributed by atoms with Gasteiger partial charge in [-0.15, -0.1) is 0 Å². The summed E-state index contributed by atoms with van der Waals surface area (Å²) < 4.78 is 0. The van der Waals surface area contributed by atoms with Crippen LogP contribution in [0.25, 0.3) is 11.1 Å². The Hall–Kier alpha value is -3.94. The van der Waals surface area contributed by atoms with Crippen LogP contribution in [-0.4, -0.2) is 53.3 Å². The van der Waals surface area contributed by atoms with E-state index in [0.717, 1.165) is 16.0 Å². The summed E-state index contributed by atoms with van der Waals surface area (Å²) in [6.45, 7) is 1.45. The van der Waals surface area contributed by atoms with Crippen molar-refractivity contribution in [1.29, 1.82) is 0 Å². The maximum absolute atomic E-state index is 13.0. The highest BCUT2D eigenvalue weighted by Crippen LogP contribution is 2.27. The molecule has 31 heavy (non-hydrogen) atoms. The van der Waals surface area contributed by atoms with Gasteiger partial charge in [0.2, 0.25) is 0 Å². The molecule has 2 aromatic carbocycles. The molecule has 8 heteroatoms. The topological polar surface area (TPSA) is 107 Å². The summed E-state index contributed by atoms with van der Waals surface area (Å²) in [7, 11) is 1.52. The third kappa shape index (κ3) is 4.80. The SMILES string of the molecule is CC1=CN(C)C(=O)[C@@H](N(C(=O)NCCC(=O)O)c2ccc(-c3ccccc3)cc2)C1=O. The Morgan fingerprint density at radius 3 is 2.26 bits per heavy atom. The standard InChI is InChI=1S/C23H23N3O5/c1-15-14-25(2)22(30)20(21(15)29)26(23(31)24-13-12-19(27)28)18-10-8-17(9-11-18)16-6-4-3-5-7-16/h3-11,14,20H,12-13H2,1-2H3,(H,24,31)(H,27,28)/t20-/m0/s1. The molecule has 3 amide bonds. The van der Waals surface area contributed by atoms with E-state index in [0.29, 0.717) is 11.3 Å². The number of carboxylic acids is 1. The summed E-state index contributed by atoms with van der Waals surface area (Å²) >= 11 is 0. The van der Waals surface area contributed by atoms with Gasteiger partial charge in [0.15, 0.2) is 11.8 Å². The van der Waals surface area contributed by atoms with Gasteiger partial charge in [-0.1, -0.05) is 42.5 Å². The van der Waals surface area contributed by atoms with Crippen LogP contribution in [0.4, 0.5) is 10.5 Å². The van der Waals surface area contributed by atoms with Crippen LogP contribution < -0.4 is 10.2 Å². The lowest BCUT2D eigenvalue weighted by Gasteiger charge is -2.34. The number of benzene rings is 2. The molecule has 0 fully saturated rings. The second-order valence-corrected chi connectivity index (χ2v) is 7.19. The van der Waals surface area contributed by atoms with Crippen LogP contribution in [0.1, 0.15) is 13.3 Å². The van der Waals surface area contributed by atoms with Crippen molar-refractivity contribution in [2.45, 2.75) is 19.4 Å². The first-order valence-electron chi connectivity index (χ1n) is 9.73. The number of carboxylic acid groups (broad SMARTS) is 1. The van der Waals surface area contributed by atoms with Crippen LogP contribution in [-0.2, 0) is 14.4 Å². The van der Waals surface area contributed by atoms with Gasteiger partial charge >= 0.3 is 12.0 Å². The van der Waals surface area contributed by atoms with Crippen LogP contribution in [0.15, 0.2) is 66.4 Å². The van der Waals surface area contributed by atoms with Crippen LogP contribution in [0.2, 0.25) is 0 Å². The third-order valence-corrected chi connectivity index (χ3v) is 4.95. The van der Waals surface area contributed by atoms with Crippen molar-refractivity contribution in [2.75, 3.05) is 18.5 Å². The van der Waals surface area contributed by atoms with E-state index in [1.807, 2.05) is 30.3 Å². The molecule has 0 unspecified atom stereocenters. The van der Waals surface area contributed by atoms with E-state index in [2.05, 4.69) is 5.32 Å². The molecule has 0 radical (unpaired) electrons. The number of ketones is 1. The van der Waals surface area contributed by atoms with Crippen molar-refractivity contribution in [1.82, 2.24) is 10.2 Å². The van der Waals surface area contributed by atoms with Crippen molar-refractivity contribution >= 4 is 29.4 Å². The molecule has 0 bridgehead atoms. The molecule has 1 atom stereocenters. The van der Waals surface area contributed by atoms with Crippen molar-refractivity contribution < 1.29 is 24.3 Å². The summed E-state index contributed by atoms with van der Waals surface area (Å²) in [4.78, 5) is 51.8. The summed E-state index contributed by atoms with van der Waals surface area (Å²) in [6, 6.07) is 14.5. The van der Waals surface area contributed by atoms with Gasteiger partial charge in [-0.05, 0) is 30.2 Å². The highest BCUT2D eigenvalue weighted by atomic mass is 16.4. The Kier molecular flexibility index (Phi) is 6.49. The lowest BCUT2D eigenvalue weighted by molar-refractivity contribution is -0.137. The van der Waals surface area contributed by atoms with Gasteiger partial charge < -0.3 is 15.3 Å². The average Bonchev–Trinajstić information content (AvgIpc) is 2.76. The maximum Gasteiger partial charge on any atom is 0.323 e. The number of amides is 3. The van der Waals surface area contributed by atoms with Crippen LogP contribution in [0, 0.1) is 0 Å². The molecule has 1 heterocycles. The van der Waals surface area contributed by atoms with Gasteiger partial charge in [0, 0.05) is 31.1 Å². The molecule has 3 rings (SSSR count). The zero-order valence-electron chi connectivity index (χ0n) is 17.2. The number of aliphatic carboxylic acids is 1. The minimum absolute atomic E-state index is 0.132. The fourth-order valence-corrected chi connectivity index (χ4v) is 3.36. The lowest BCUT2D eigenvalue weighted by Crippen LogP contribution is -2.58.